The molecule has 0 bridgehead atoms. The van der Waals surface area contributed by atoms with E-state index in [9.17, 15) is 0 Å². The van der Waals surface area contributed by atoms with Gasteiger partial charge >= 0.3 is 0 Å². The molecule has 0 N–H and O–H groups in total. The molecule has 2 aromatic heterocycles. The summed E-state index contributed by atoms with van der Waals surface area (Å²) >= 11 is 0. The molecular formula is C15H14N2O. The lowest BCUT2D eigenvalue weighted by atomic mass is 10.2. The molecule has 3 aromatic rings. The maximum atomic E-state index is 5.29. The Kier molecular flexibility index (Phi) is 2.52. The topological polar surface area (TPSA) is 27.1 Å². The van der Waals surface area contributed by atoms with Crippen LogP contribution in [0.1, 0.15) is 5.69 Å². The molecule has 0 aliphatic carbocycles. The Hall–Kier alpha value is -2.29. The van der Waals surface area contributed by atoms with Crippen molar-refractivity contribution in [1.82, 2.24) is 9.55 Å². The molecule has 90 valence electrons. The minimum Gasteiger partial charge on any atom is -0.497 e. The van der Waals surface area contributed by atoms with E-state index in [1.165, 1.54) is 5.39 Å². The van der Waals surface area contributed by atoms with Gasteiger partial charge in [-0.25, -0.2) is 4.98 Å². The number of pyridine rings is 1. The van der Waals surface area contributed by atoms with Crippen LogP contribution in [0.5, 0.6) is 5.75 Å². The van der Waals surface area contributed by atoms with Crippen molar-refractivity contribution in [1.29, 1.82) is 0 Å². The Balaban J connectivity index is 2.30. The van der Waals surface area contributed by atoms with Gasteiger partial charge in [-0.05, 0) is 37.3 Å². The smallest absolute Gasteiger partial charge is 0.137 e. The van der Waals surface area contributed by atoms with Gasteiger partial charge < -0.3 is 4.74 Å². The second-order valence-corrected chi connectivity index (χ2v) is 4.23. The van der Waals surface area contributed by atoms with Crippen molar-refractivity contribution < 1.29 is 4.74 Å². The summed E-state index contributed by atoms with van der Waals surface area (Å²) in [4.78, 5) is 4.41. The van der Waals surface area contributed by atoms with Crippen LogP contribution in [-0.2, 0) is 0 Å². The molecule has 0 aliphatic heterocycles. The van der Waals surface area contributed by atoms with Crippen molar-refractivity contribution in [2.24, 2.45) is 0 Å². The van der Waals surface area contributed by atoms with Gasteiger partial charge in [0, 0.05) is 23.3 Å². The lowest BCUT2D eigenvalue weighted by Gasteiger charge is -2.07. The average Bonchev–Trinajstić information content (AvgIpc) is 2.74. The van der Waals surface area contributed by atoms with E-state index in [2.05, 4.69) is 28.6 Å². The molecule has 0 aliphatic rings. The number of nitrogens with zero attached hydrogens (tertiary/aromatic N) is 2. The SMILES string of the molecule is COc1ccc2cc(C)n(-c3ccccn3)c2c1. The van der Waals surface area contributed by atoms with Crippen molar-refractivity contribution in [3.05, 3.63) is 54.4 Å². The van der Waals surface area contributed by atoms with Gasteiger partial charge in [-0.3, -0.25) is 4.57 Å². The van der Waals surface area contributed by atoms with Crippen LogP contribution in [0.25, 0.3) is 16.7 Å². The van der Waals surface area contributed by atoms with E-state index in [4.69, 9.17) is 4.74 Å². The molecular weight excluding hydrogens is 224 g/mol. The summed E-state index contributed by atoms with van der Waals surface area (Å²) < 4.78 is 7.43. The van der Waals surface area contributed by atoms with Crippen LogP contribution in [0.3, 0.4) is 0 Å². The number of hydrogen-bond donors (Lipinski definition) is 0. The van der Waals surface area contributed by atoms with Crippen LogP contribution in [-0.4, -0.2) is 16.7 Å². The lowest BCUT2D eigenvalue weighted by molar-refractivity contribution is 0.415. The van der Waals surface area contributed by atoms with Gasteiger partial charge in [0.05, 0.1) is 12.6 Å². The summed E-state index contributed by atoms with van der Waals surface area (Å²) in [5.41, 5.74) is 2.28. The van der Waals surface area contributed by atoms with E-state index in [0.29, 0.717) is 0 Å². The lowest BCUT2D eigenvalue weighted by Crippen LogP contribution is -1.98. The molecule has 3 rings (SSSR count). The molecule has 0 saturated carbocycles. The van der Waals surface area contributed by atoms with Gasteiger partial charge in [0.15, 0.2) is 0 Å². The van der Waals surface area contributed by atoms with Crippen molar-refractivity contribution in [2.45, 2.75) is 6.92 Å². The Bertz CT molecular complexity index is 686. The van der Waals surface area contributed by atoms with Crippen LogP contribution < -0.4 is 4.74 Å². The van der Waals surface area contributed by atoms with E-state index >= 15 is 0 Å². The molecule has 1 aromatic carbocycles. The first-order chi connectivity index (χ1) is 8.79. The van der Waals surface area contributed by atoms with E-state index in [0.717, 1.165) is 22.8 Å². The first kappa shape index (κ1) is 10.8. The summed E-state index contributed by atoms with van der Waals surface area (Å²) in [6.07, 6.45) is 1.81. The van der Waals surface area contributed by atoms with Crippen molar-refractivity contribution in [3.8, 4) is 11.6 Å². The number of hydrogen-bond acceptors (Lipinski definition) is 2. The molecule has 0 atom stereocenters. The second kappa shape index (κ2) is 4.18. The van der Waals surface area contributed by atoms with Gasteiger partial charge in [0.25, 0.3) is 0 Å². The second-order valence-electron chi connectivity index (χ2n) is 4.23. The minimum absolute atomic E-state index is 0.859. The molecule has 0 unspecified atom stereocenters. The molecule has 2 heterocycles. The Morgan fingerprint density at radius 3 is 2.72 bits per heavy atom. The van der Waals surface area contributed by atoms with Crippen molar-refractivity contribution >= 4 is 10.9 Å². The molecule has 0 spiro atoms. The van der Waals surface area contributed by atoms with Gasteiger partial charge in [-0.1, -0.05) is 6.07 Å². The summed E-state index contributed by atoms with van der Waals surface area (Å²) in [5, 5.41) is 1.19. The first-order valence-corrected chi connectivity index (χ1v) is 5.87. The largest absolute Gasteiger partial charge is 0.497 e. The summed E-state index contributed by atoms with van der Waals surface area (Å²) in [7, 11) is 1.68. The summed E-state index contributed by atoms with van der Waals surface area (Å²) in [5.74, 6) is 1.79. The fourth-order valence-electron chi connectivity index (χ4n) is 2.24. The monoisotopic (exact) mass is 238 g/mol. The third kappa shape index (κ3) is 1.64. The fraction of sp³-hybridized carbons (Fsp3) is 0.133. The van der Waals surface area contributed by atoms with Crippen LogP contribution in [0.2, 0.25) is 0 Å². The third-order valence-corrected chi connectivity index (χ3v) is 3.07. The van der Waals surface area contributed by atoms with E-state index in [-0.39, 0.29) is 0 Å². The zero-order chi connectivity index (χ0) is 12.5. The number of rotatable bonds is 2. The van der Waals surface area contributed by atoms with Crippen LogP contribution >= 0.6 is 0 Å². The van der Waals surface area contributed by atoms with Gasteiger partial charge in [-0.2, -0.15) is 0 Å². The van der Waals surface area contributed by atoms with E-state index < -0.39 is 0 Å². The number of aromatic nitrogens is 2. The highest BCUT2D eigenvalue weighted by Gasteiger charge is 2.08. The maximum Gasteiger partial charge on any atom is 0.137 e. The van der Waals surface area contributed by atoms with E-state index in [1.807, 2.05) is 30.3 Å². The van der Waals surface area contributed by atoms with Crippen molar-refractivity contribution in [2.75, 3.05) is 7.11 Å². The number of aryl methyl sites for hydroxylation is 1. The number of benzene rings is 1. The fourth-order valence-corrected chi connectivity index (χ4v) is 2.24. The van der Waals surface area contributed by atoms with Gasteiger partial charge in [0.1, 0.15) is 11.6 Å². The molecule has 0 amide bonds. The highest BCUT2D eigenvalue weighted by atomic mass is 16.5. The summed E-state index contributed by atoms with van der Waals surface area (Å²) in [6.45, 7) is 2.08. The number of ether oxygens (including phenoxy) is 1. The summed E-state index contributed by atoms with van der Waals surface area (Å²) in [6, 6.07) is 14.2. The maximum absolute atomic E-state index is 5.29. The Morgan fingerprint density at radius 2 is 2.00 bits per heavy atom. The first-order valence-electron chi connectivity index (χ1n) is 5.87. The normalized spacial score (nSPS) is 10.8. The molecule has 3 heteroatoms. The highest BCUT2D eigenvalue weighted by Crippen LogP contribution is 2.26. The third-order valence-electron chi connectivity index (χ3n) is 3.07. The Labute approximate surface area is 106 Å². The predicted molar refractivity (Wildman–Crippen MR) is 72.4 cm³/mol. The Morgan fingerprint density at radius 1 is 1.11 bits per heavy atom. The molecule has 18 heavy (non-hydrogen) atoms. The average molecular weight is 238 g/mol. The van der Waals surface area contributed by atoms with Crippen LogP contribution in [0, 0.1) is 6.92 Å². The molecule has 0 radical (unpaired) electrons. The van der Waals surface area contributed by atoms with Crippen molar-refractivity contribution in [3.63, 3.8) is 0 Å². The zero-order valence-electron chi connectivity index (χ0n) is 10.4. The van der Waals surface area contributed by atoms with Crippen LogP contribution in [0.4, 0.5) is 0 Å². The number of methoxy groups -OCH3 is 1. The molecule has 3 nitrogen and oxygen atoms in total. The van der Waals surface area contributed by atoms with E-state index in [1.54, 1.807) is 13.3 Å². The van der Waals surface area contributed by atoms with Crippen LogP contribution in [0.15, 0.2) is 48.7 Å². The standard InChI is InChI=1S/C15H14N2O/c1-11-9-12-6-7-13(18-2)10-14(12)17(11)15-5-3-4-8-16-15/h3-10H,1-2H3. The zero-order valence-corrected chi connectivity index (χ0v) is 10.4. The predicted octanol–water partition coefficient (Wildman–Crippen LogP) is 3.34. The highest BCUT2D eigenvalue weighted by molar-refractivity contribution is 5.84. The quantitative estimate of drug-likeness (QED) is 0.684. The number of fused-ring (bicyclic) bond motifs is 1. The molecule has 0 saturated heterocycles. The molecule has 0 fully saturated rings. The van der Waals surface area contributed by atoms with Gasteiger partial charge in [-0.15, -0.1) is 0 Å². The van der Waals surface area contributed by atoms with Gasteiger partial charge in [0.2, 0.25) is 0 Å². The minimum atomic E-state index is 0.859.